The zero-order chi connectivity index (χ0) is 19.1. The third-order valence-corrected chi connectivity index (χ3v) is 10.0. The fourth-order valence-corrected chi connectivity index (χ4v) is 7.99. The van der Waals surface area contributed by atoms with Gasteiger partial charge >= 0.3 is 0 Å². The first-order chi connectivity index (χ1) is 12.1. The third kappa shape index (κ3) is 2.02. The topological polar surface area (TPSA) is 64.4 Å². The minimum absolute atomic E-state index is 0.132. The molecule has 4 atom stereocenters. The maximum absolute atomic E-state index is 13.4. The smallest absolute Gasteiger partial charge is 0.261 e. The molecule has 0 saturated carbocycles. The molecular formula is C17H15Cl2N3O2S2. The fraction of sp³-hybridized carbons (Fsp3) is 0.471. The molecule has 9 heteroatoms. The van der Waals surface area contributed by atoms with E-state index in [0.29, 0.717) is 15.6 Å². The summed E-state index contributed by atoms with van der Waals surface area (Å²) >= 11 is 12.2. The van der Waals surface area contributed by atoms with Gasteiger partial charge < -0.3 is 9.80 Å². The number of halogens is 2. The molecule has 0 aromatic heterocycles. The van der Waals surface area contributed by atoms with E-state index in [1.165, 1.54) is 26.5 Å². The van der Waals surface area contributed by atoms with Crippen LogP contribution in [0.3, 0.4) is 0 Å². The molecule has 5 nitrogen and oxygen atoms in total. The highest BCUT2D eigenvalue weighted by molar-refractivity contribution is 8.78. The number of carbonyl (C=O) groups excluding carboxylic acids is 2. The lowest BCUT2D eigenvalue weighted by atomic mass is 9.79. The van der Waals surface area contributed by atoms with Gasteiger partial charge in [-0.3, -0.25) is 9.59 Å². The number of benzene rings is 1. The molecule has 5 rings (SSSR count). The predicted octanol–water partition coefficient (Wildman–Crippen LogP) is 4.08. The Labute approximate surface area is 169 Å². The molecule has 4 aliphatic rings. The maximum Gasteiger partial charge on any atom is 0.261 e. The van der Waals surface area contributed by atoms with Crippen molar-refractivity contribution in [3.8, 4) is 6.07 Å². The second kappa shape index (κ2) is 5.48. The Morgan fingerprint density at radius 3 is 2.50 bits per heavy atom. The van der Waals surface area contributed by atoms with Gasteiger partial charge in [0.05, 0.1) is 27.6 Å². The van der Waals surface area contributed by atoms with Gasteiger partial charge in [-0.1, -0.05) is 50.9 Å². The van der Waals surface area contributed by atoms with Gasteiger partial charge in [-0.25, -0.2) is 0 Å². The molecule has 1 aromatic carbocycles. The average Bonchev–Trinajstić information content (AvgIpc) is 2.89. The summed E-state index contributed by atoms with van der Waals surface area (Å²) in [5.41, 5.74) is -0.210. The highest BCUT2D eigenvalue weighted by Gasteiger charge is 2.74. The molecule has 2 amide bonds. The predicted molar refractivity (Wildman–Crippen MR) is 103 cm³/mol. The molecule has 4 saturated heterocycles. The van der Waals surface area contributed by atoms with Crippen molar-refractivity contribution >= 4 is 56.6 Å². The second-order valence-corrected chi connectivity index (χ2v) is 10.9. The van der Waals surface area contributed by atoms with Crippen LogP contribution in [0.15, 0.2) is 18.2 Å². The largest absolute Gasteiger partial charge is 0.319 e. The number of hydrogen-bond donors (Lipinski definition) is 0. The molecule has 0 radical (unpaired) electrons. The lowest BCUT2D eigenvalue weighted by Crippen LogP contribution is -2.73. The van der Waals surface area contributed by atoms with E-state index in [9.17, 15) is 14.9 Å². The lowest BCUT2D eigenvalue weighted by molar-refractivity contribution is -0.164. The number of nitrogens with zero attached hydrogens (tertiary/aromatic N) is 3. The molecule has 2 unspecified atom stereocenters. The molecule has 1 spiro atoms. The van der Waals surface area contributed by atoms with Crippen molar-refractivity contribution in [3.05, 3.63) is 33.8 Å². The van der Waals surface area contributed by atoms with Gasteiger partial charge in [-0.05, 0) is 31.5 Å². The Bertz CT molecular complexity index is 906. The first-order valence-electron chi connectivity index (χ1n) is 7.96. The summed E-state index contributed by atoms with van der Waals surface area (Å²) in [7, 11) is 4.43. The fourth-order valence-electron chi connectivity index (χ4n) is 4.10. The molecule has 4 aliphatic heterocycles. The molecule has 1 aromatic rings. The average molecular weight is 428 g/mol. The first kappa shape index (κ1) is 18.3. The van der Waals surface area contributed by atoms with Crippen molar-refractivity contribution in [1.82, 2.24) is 9.80 Å². The van der Waals surface area contributed by atoms with E-state index in [0.717, 1.165) is 0 Å². The van der Waals surface area contributed by atoms with Gasteiger partial charge in [-0.15, -0.1) is 0 Å². The summed E-state index contributed by atoms with van der Waals surface area (Å²) in [6.45, 7) is 3.55. The quantitative estimate of drug-likeness (QED) is 0.631. The van der Waals surface area contributed by atoms with E-state index in [-0.39, 0.29) is 18.2 Å². The van der Waals surface area contributed by atoms with Gasteiger partial charge in [0.2, 0.25) is 0 Å². The lowest BCUT2D eigenvalue weighted by Gasteiger charge is -2.57. The number of carbonyl (C=O) groups is 2. The Morgan fingerprint density at radius 2 is 1.88 bits per heavy atom. The standard InChI is InChI=1S/C17H15Cl2N3O2S2/c1-15(8-20)7-17-14(24)21(3)16(2,25-26-17)13(23)22(17)12(15)9-4-5-10(18)11(19)6-9/h4-6,12H,7H2,1-3H3/t12?,15-,16?,17-/m1/s1. The van der Waals surface area contributed by atoms with Gasteiger partial charge in [0.1, 0.15) is 0 Å². The zero-order valence-electron chi connectivity index (χ0n) is 14.2. The molecule has 136 valence electrons. The van der Waals surface area contributed by atoms with E-state index < -0.39 is 21.2 Å². The number of amides is 2. The van der Waals surface area contributed by atoms with Crippen molar-refractivity contribution in [1.29, 1.82) is 5.26 Å². The highest BCUT2D eigenvalue weighted by atomic mass is 35.5. The third-order valence-electron chi connectivity index (χ3n) is 5.61. The molecule has 0 aliphatic carbocycles. The Hall–Kier alpha value is -1.07. The van der Waals surface area contributed by atoms with Crippen LogP contribution >= 0.6 is 44.8 Å². The summed E-state index contributed by atoms with van der Waals surface area (Å²) in [6.07, 6.45) is 0.268. The van der Waals surface area contributed by atoms with Gasteiger partial charge in [0.25, 0.3) is 11.8 Å². The van der Waals surface area contributed by atoms with Crippen LogP contribution in [-0.4, -0.2) is 38.4 Å². The Kier molecular flexibility index (Phi) is 3.86. The number of fused-ring (bicyclic) bond motifs is 2. The number of piperazine rings is 1. The van der Waals surface area contributed by atoms with Crippen LogP contribution in [-0.2, 0) is 9.59 Å². The summed E-state index contributed by atoms with van der Waals surface area (Å²) in [4.78, 5) is 27.7. The van der Waals surface area contributed by atoms with Gasteiger partial charge in [0.15, 0.2) is 9.74 Å². The van der Waals surface area contributed by atoms with E-state index in [1.54, 1.807) is 44.0 Å². The SMILES string of the molecule is CN1C(=O)[C@]23C[C@](C)(C#N)C(c4ccc(Cl)c(Cl)c4)N2C(=O)C1(C)SS3. The number of likely N-dealkylation sites (N-methyl/N-ethyl adjacent to an activating group) is 1. The van der Waals surface area contributed by atoms with Crippen molar-refractivity contribution in [2.75, 3.05) is 7.05 Å². The summed E-state index contributed by atoms with van der Waals surface area (Å²) in [6, 6.07) is 6.91. The minimum atomic E-state index is -1.07. The second-order valence-electron chi connectivity index (χ2n) is 7.26. The van der Waals surface area contributed by atoms with Crippen LogP contribution in [0.5, 0.6) is 0 Å². The Balaban J connectivity index is 1.95. The van der Waals surface area contributed by atoms with Crippen LogP contribution in [0, 0.1) is 16.7 Å². The first-order valence-corrected chi connectivity index (χ1v) is 10.9. The molecular weight excluding hydrogens is 413 g/mol. The summed E-state index contributed by atoms with van der Waals surface area (Å²) < 4.78 is 0. The zero-order valence-corrected chi connectivity index (χ0v) is 17.4. The van der Waals surface area contributed by atoms with Crippen LogP contribution in [0.2, 0.25) is 10.0 Å². The van der Waals surface area contributed by atoms with E-state index in [2.05, 4.69) is 6.07 Å². The maximum atomic E-state index is 13.4. The number of nitriles is 1. The summed E-state index contributed by atoms with van der Waals surface area (Å²) in [5.74, 6) is -0.286. The van der Waals surface area contributed by atoms with Crippen LogP contribution in [0.25, 0.3) is 0 Å². The van der Waals surface area contributed by atoms with Crippen molar-refractivity contribution in [2.45, 2.75) is 36.1 Å². The monoisotopic (exact) mass is 427 g/mol. The van der Waals surface area contributed by atoms with Crippen molar-refractivity contribution in [2.24, 2.45) is 5.41 Å². The van der Waals surface area contributed by atoms with Crippen LogP contribution < -0.4 is 0 Å². The van der Waals surface area contributed by atoms with Crippen molar-refractivity contribution in [3.63, 3.8) is 0 Å². The normalized spacial score (nSPS) is 38.5. The molecule has 4 fully saturated rings. The molecule has 26 heavy (non-hydrogen) atoms. The van der Waals surface area contributed by atoms with E-state index in [1.807, 2.05) is 0 Å². The molecule has 0 N–H and O–H groups in total. The Morgan fingerprint density at radius 1 is 1.19 bits per heavy atom. The van der Waals surface area contributed by atoms with Crippen molar-refractivity contribution < 1.29 is 9.59 Å². The van der Waals surface area contributed by atoms with Crippen LogP contribution in [0.1, 0.15) is 31.9 Å². The molecule has 2 bridgehead atoms. The van der Waals surface area contributed by atoms with E-state index >= 15 is 0 Å². The molecule has 4 heterocycles. The van der Waals surface area contributed by atoms with E-state index in [4.69, 9.17) is 23.2 Å². The highest BCUT2D eigenvalue weighted by Crippen LogP contribution is 2.69. The number of hydrogen-bond acceptors (Lipinski definition) is 5. The summed E-state index contributed by atoms with van der Waals surface area (Å²) in [5, 5.41) is 10.7. The van der Waals surface area contributed by atoms with Gasteiger partial charge in [0, 0.05) is 13.5 Å². The van der Waals surface area contributed by atoms with Crippen LogP contribution in [0.4, 0.5) is 0 Å². The minimum Gasteiger partial charge on any atom is -0.319 e. The number of rotatable bonds is 1. The van der Waals surface area contributed by atoms with Gasteiger partial charge in [-0.2, -0.15) is 5.26 Å².